The van der Waals surface area contributed by atoms with Crippen LogP contribution in [0.1, 0.15) is 23.6 Å². The van der Waals surface area contributed by atoms with Gasteiger partial charge in [-0.3, -0.25) is 9.10 Å². The molecule has 4 nitrogen and oxygen atoms in total. The van der Waals surface area contributed by atoms with Crippen molar-refractivity contribution in [3.05, 3.63) is 65.2 Å². The highest BCUT2D eigenvalue weighted by Gasteiger charge is 2.22. The van der Waals surface area contributed by atoms with Gasteiger partial charge in [0.15, 0.2) is 5.78 Å². The van der Waals surface area contributed by atoms with E-state index in [9.17, 15) is 13.2 Å². The van der Waals surface area contributed by atoms with E-state index >= 15 is 0 Å². The van der Waals surface area contributed by atoms with Crippen molar-refractivity contribution in [2.45, 2.75) is 26.7 Å². The molecule has 0 spiro atoms. The average molecular weight is 345 g/mol. The maximum Gasteiger partial charge on any atom is 0.232 e. The molecule has 2 aromatic carbocycles. The Labute approximate surface area is 144 Å². The molecule has 0 radical (unpaired) electrons. The summed E-state index contributed by atoms with van der Waals surface area (Å²) < 4.78 is 25.6. The lowest BCUT2D eigenvalue weighted by molar-refractivity contribution is -0.117. The molecule has 2 aromatic rings. The Morgan fingerprint density at radius 2 is 1.79 bits per heavy atom. The maximum atomic E-state index is 12.4. The van der Waals surface area contributed by atoms with Crippen molar-refractivity contribution in [2.75, 3.05) is 17.1 Å². The second kappa shape index (κ2) is 7.62. The Hall–Kier alpha value is -2.14. The van der Waals surface area contributed by atoms with Crippen molar-refractivity contribution in [2.24, 2.45) is 0 Å². The Bertz CT molecular complexity index is 828. The fraction of sp³-hybridized carbons (Fsp3) is 0.316. The molecule has 0 saturated heterocycles. The minimum absolute atomic E-state index is 0.128. The van der Waals surface area contributed by atoms with Gasteiger partial charge in [0.05, 0.1) is 18.5 Å². The monoisotopic (exact) mass is 345 g/mol. The Morgan fingerprint density at radius 3 is 2.42 bits per heavy atom. The maximum absolute atomic E-state index is 12.4. The quantitative estimate of drug-likeness (QED) is 0.775. The number of sulfonamides is 1. The smallest absolute Gasteiger partial charge is 0.232 e. The largest absolute Gasteiger partial charge is 0.297 e. The molecule has 0 saturated carbocycles. The number of anilines is 1. The third-order valence-corrected chi connectivity index (χ3v) is 4.97. The van der Waals surface area contributed by atoms with Crippen molar-refractivity contribution >= 4 is 21.5 Å². The van der Waals surface area contributed by atoms with E-state index in [0.29, 0.717) is 12.1 Å². The Balaban J connectivity index is 2.25. The molecule has 24 heavy (non-hydrogen) atoms. The third kappa shape index (κ3) is 4.68. The standard InChI is InChI=1S/C19H23NO3S/c1-4-17-10-5-6-11-19(17)20(24(3,22)23)14-18(21)13-16-9-7-8-15(2)12-16/h5-12H,4,13-14H2,1-3H3. The lowest BCUT2D eigenvalue weighted by Gasteiger charge is -2.24. The van der Waals surface area contributed by atoms with E-state index in [1.165, 1.54) is 4.31 Å². The van der Waals surface area contributed by atoms with Gasteiger partial charge in [-0.1, -0.05) is 55.0 Å². The van der Waals surface area contributed by atoms with Gasteiger partial charge in [-0.2, -0.15) is 0 Å². The lowest BCUT2D eigenvalue weighted by Crippen LogP contribution is -2.36. The van der Waals surface area contributed by atoms with Gasteiger partial charge in [0.2, 0.25) is 10.0 Å². The number of ketones is 1. The summed E-state index contributed by atoms with van der Waals surface area (Å²) in [5.74, 6) is -0.128. The van der Waals surface area contributed by atoms with Crippen molar-refractivity contribution in [1.29, 1.82) is 0 Å². The molecular weight excluding hydrogens is 322 g/mol. The first-order chi connectivity index (χ1) is 11.3. The molecular formula is C19H23NO3S. The number of benzene rings is 2. The van der Waals surface area contributed by atoms with Crippen LogP contribution in [0.4, 0.5) is 5.69 Å². The van der Waals surface area contributed by atoms with E-state index in [4.69, 9.17) is 0 Å². The van der Waals surface area contributed by atoms with Crippen LogP contribution >= 0.6 is 0 Å². The van der Waals surface area contributed by atoms with E-state index in [2.05, 4.69) is 0 Å². The van der Waals surface area contributed by atoms with E-state index < -0.39 is 10.0 Å². The topological polar surface area (TPSA) is 54.5 Å². The highest BCUT2D eigenvalue weighted by molar-refractivity contribution is 7.92. The van der Waals surface area contributed by atoms with Crippen LogP contribution in [0.15, 0.2) is 48.5 Å². The first-order valence-electron chi connectivity index (χ1n) is 7.94. The minimum atomic E-state index is -3.53. The van der Waals surface area contributed by atoms with Gasteiger partial charge in [-0.25, -0.2) is 8.42 Å². The summed E-state index contributed by atoms with van der Waals surface area (Å²) in [6.45, 7) is 3.78. The molecule has 0 amide bonds. The highest BCUT2D eigenvalue weighted by atomic mass is 32.2. The summed E-state index contributed by atoms with van der Waals surface area (Å²) in [5, 5.41) is 0. The number of rotatable bonds is 7. The van der Waals surface area contributed by atoms with Crippen LogP contribution in [0.3, 0.4) is 0 Å². The van der Waals surface area contributed by atoms with Crippen molar-refractivity contribution in [3.8, 4) is 0 Å². The van der Waals surface area contributed by atoms with Crippen LogP contribution < -0.4 is 4.31 Å². The number of hydrogen-bond donors (Lipinski definition) is 0. The zero-order valence-corrected chi connectivity index (χ0v) is 15.1. The van der Waals surface area contributed by atoms with Gasteiger partial charge >= 0.3 is 0 Å². The summed E-state index contributed by atoms with van der Waals surface area (Å²) >= 11 is 0. The number of carbonyl (C=O) groups excluding carboxylic acids is 1. The number of hydrogen-bond acceptors (Lipinski definition) is 3. The second-order valence-corrected chi connectivity index (χ2v) is 7.86. The van der Waals surface area contributed by atoms with E-state index in [1.54, 1.807) is 12.1 Å². The van der Waals surface area contributed by atoms with Crippen molar-refractivity contribution < 1.29 is 13.2 Å². The summed E-state index contributed by atoms with van der Waals surface area (Å²) in [7, 11) is -3.53. The molecule has 0 unspecified atom stereocenters. The molecule has 0 atom stereocenters. The first-order valence-corrected chi connectivity index (χ1v) is 9.79. The lowest BCUT2D eigenvalue weighted by atomic mass is 10.1. The average Bonchev–Trinajstić information content (AvgIpc) is 2.51. The van der Waals surface area contributed by atoms with Crippen LogP contribution in [-0.2, 0) is 27.7 Å². The molecule has 0 fully saturated rings. The van der Waals surface area contributed by atoms with Crippen molar-refractivity contribution in [1.82, 2.24) is 0 Å². The molecule has 5 heteroatoms. The molecule has 0 heterocycles. The molecule has 0 aliphatic carbocycles. The fourth-order valence-electron chi connectivity index (χ4n) is 2.70. The van der Waals surface area contributed by atoms with E-state index in [-0.39, 0.29) is 18.7 Å². The molecule has 0 N–H and O–H groups in total. The van der Waals surface area contributed by atoms with E-state index in [0.717, 1.165) is 22.9 Å². The van der Waals surface area contributed by atoms with Gasteiger partial charge in [0.1, 0.15) is 0 Å². The molecule has 128 valence electrons. The van der Waals surface area contributed by atoms with Crippen molar-refractivity contribution in [3.63, 3.8) is 0 Å². The zero-order chi connectivity index (χ0) is 17.7. The first kappa shape index (κ1) is 18.2. The Kier molecular flexibility index (Phi) is 5.78. The van der Waals surface area contributed by atoms with Crippen LogP contribution in [0.5, 0.6) is 0 Å². The van der Waals surface area contributed by atoms with Crippen LogP contribution in [0, 0.1) is 6.92 Å². The second-order valence-electron chi connectivity index (χ2n) is 5.96. The number of carbonyl (C=O) groups is 1. The molecule has 2 rings (SSSR count). The van der Waals surface area contributed by atoms with E-state index in [1.807, 2.05) is 50.2 Å². The molecule has 0 aromatic heterocycles. The van der Waals surface area contributed by atoms with Crippen LogP contribution in [-0.4, -0.2) is 27.0 Å². The molecule has 0 bridgehead atoms. The summed E-state index contributed by atoms with van der Waals surface area (Å²) in [4.78, 5) is 12.4. The van der Waals surface area contributed by atoms with Crippen LogP contribution in [0.25, 0.3) is 0 Å². The SMILES string of the molecule is CCc1ccccc1N(CC(=O)Cc1cccc(C)c1)S(C)(=O)=O. The number of aryl methyl sites for hydroxylation is 2. The molecule has 0 aliphatic rings. The molecule has 0 aliphatic heterocycles. The minimum Gasteiger partial charge on any atom is -0.297 e. The van der Waals surface area contributed by atoms with Gasteiger partial charge in [-0.15, -0.1) is 0 Å². The predicted octanol–water partition coefficient (Wildman–Crippen LogP) is 3.14. The van der Waals surface area contributed by atoms with Gasteiger partial charge in [0, 0.05) is 6.42 Å². The van der Waals surface area contributed by atoms with Gasteiger partial charge in [-0.05, 0) is 30.5 Å². The third-order valence-electron chi connectivity index (χ3n) is 3.85. The highest BCUT2D eigenvalue weighted by Crippen LogP contribution is 2.23. The van der Waals surface area contributed by atoms with Gasteiger partial charge in [0.25, 0.3) is 0 Å². The number of nitrogens with zero attached hydrogens (tertiary/aromatic N) is 1. The number of Topliss-reactive ketones (excluding diaryl/α,β-unsaturated/α-hetero) is 1. The summed E-state index contributed by atoms with van der Waals surface area (Å²) in [6.07, 6.45) is 2.07. The predicted molar refractivity (Wildman–Crippen MR) is 97.9 cm³/mol. The van der Waals surface area contributed by atoms with Gasteiger partial charge < -0.3 is 0 Å². The summed E-state index contributed by atoms with van der Waals surface area (Å²) in [5.41, 5.74) is 3.47. The zero-order valence-electron chi connectivity index (χ0n) is 14.3. The fourth-order valence-corrected chi connectivity index (χ4v) is 3.61. The van der Waals surface area contributed by atoms with Crippen LogP contribution in [0.2, 0.25) is 0 Å². The summed E-state index contributed by atoms with van der Waals surface area (Å²) in [6, 6.07) is 15.0. The number of para-hydroxylation sites is 1. The normalized spacial score (nSPS) is 11.3. The Morgan fingerprint density at radius 1 is 1.08 bits per heavy atom.